The molecule has 0 saturated carbocycles. The largest absolute Gasteiger partial charge is 0.369 e. The maximum atomic E-state index is 14.0. The summed E-state index contributed by atoms with van der Waals surface area (Å²) in [5.74, 6) is -1.26. The van der Waals surface area contributed by atoms with Crippen LogP contribution in [0, 0.1) is 5.92 Å². The second kappa shape index (κ2) is 11.0. The molecule has 1 aliphatic heterocycles. The van der Waals surface area contributed by atoms with E-state index in [4.69, 9.17) is 5.73 Å². The average Bonchev–Trinajstić information content (AvgIpc) is 3.37. The molecule has 8 nitrogen and oxygen atoms in total. The number of nitrogens with zero attached hydrogens (tertiary/aromatic N) is 2. The average molecular weight is 530 g/mol. The van der Waals surface area contributed by atoms with Crippen molar-refractivity contribution < 1.29 is 14.4 Å². The molecule has 4 N–H and O–H groups in total. The number of hydrogen-bond donors (Lipinski definition) is 3. The maximum absolute atomic E-state index is 14.0. The first kappa shape index (κ1) is 28.1. The predicted octanol–water partition coefficient (Wildman–Crippen LogP) is 4.85. The van der Waals surface area contributed by atoms with Crippen molar-refractivity contribution in [3.63, 3.8) is 0 Å². The molecule has 0 fully saturated rings. The van der Waals surface area contributed by atoms with Crippen LogP contribution in [0.5, 0.6) is 0 Å². The Morgan fingerprint density at radius 3 is 2.38 bits per heavy atom. The number of amides is 2. The number of benzene rings is 2. The van der Waals surface area contributed by atoms with E-state index >= 15 is 0 Å². The molecule has 0 aliphatic carbocycles. The SMILES string of the molecule is CCc1ccc(C(CC)(NC(=O)c2cnn3c2N[C@@H](c2ccccc2)CC3(C)C)C(=O)C[C@H](C)C(N)=O)cc1. The van der Waals surface area contributed by atoms with Gasteiger partial charge in [-0.05, 0) is 49.8 Å². The van der Waals surface area contributed by atoms with Crippen molar-refractivity contribution in [2.45, 2.75) is 77.4 Å². The van der Waals surface area contributed by atoms with Crippen molar-refractivity contribution in [2.24, 2.45) is 11.7 Å². The van der Waals surface area contributed by atoms with Crippen LogP contribution in [0.1, 0.15) is 87.0 Å². The first-order chi connectivity index (χ1) is 18.5. The zero-order chi connectivity index (χ0) is 28.4. The van der Waals surface area contributed by atoms with Crippen molar-refractivity contribution in [3.8, 4) is 0 Å². The fourth-order valence-electron chi connectivity index (χ4n) is 5.43. The maximum Gasteiger partial charge on any atom is 0.257 e. The number of aromatic nitrogens is 2. The van der Waals surface area contributed by atoms with E-state index in [1.165, 1.54) is 0 Å². The van der Waals surface area contributed by atoms with Gasteiger partial charge in [0.15, 0.2) is 5.78 Å². The third-order valence-electron chi connectivity index (χ3n) is 7.97. The third-order valence-corrected chi connectivity index (χ3v) is 7.97. The summed E-state index contributed by atoms with van der Waals surface area (Å²) in [4.78, 5) is 39.6. The molecule has 2 amide bonds. The standard InChI is InChI=1S/C31H39N5O3/c1-6-21-13-15-23(16-14-21)31(7-2,26(37)17-20(3)27(32)38)35-29(39)24-19-33-36-28(24)34-25(18-30(36,4)5)22-11-9-8-10-12-22/h8-16,19-20,25,34H,6-7,17-18H2,1-5H3,(H2,32,38)(H,35,39)/t20-,25+,31?/m0/s1. The van der Waals surface area contributed by atoms with Crippen LogP contribution in [-0.4, -0.2) is 27.4 Å². The summed E-state index contributed by atoms with van der Waals surface area (Å²) >= 11 is 0. The molecule has 39 heavy (non-hydrogen) atoms. The number of fused-ring (bicyclic) bond motifs is 1. The molecule has 0 saturated heterocycles. The highest BCUT2D eigenvalue weighted by Gasteiger charge is 2.43. The van der Waals surface area contributed by atoms with Gasteiger partial charge in [-0.3, -0.25) is 14.4 Å². The van der Waals surface area contributed by atoms with Gasteiger partial charge in [-0.2, -0.15) is 5.10 Å². The second-order valence-electron chi connectivity index (χ2n) is 11.1. The van der Waals surface area contributed by atoms with Crippen molar-refractivity contribution in [3.05, 3.63) is 83.0 Å². The van der Waals surface area contributed by atoms with E-state index in [9.17, 15) is 14.4 Å². The van der Waals surface area contributed by atoms with Gasteiger partial charge in [0.2, 0.25) is 5.91 Å². The van der Waals surface area contributed by atoms with Crippen LogP contribution in [0.3, 0.4) is 0 Å². The normalized spacial score (nSPS) is 18.2. The Bertz CT molecular complexity index is 1350. The number of rotatable bonds is 10. The van der Waals surface area contributed by atoms with Gasteiger partial charge in [0, 0.05) is 12.3 Å². The Morgan fingerprint density at radius 2 is 1.79 bits per heavy atom. The minimum atomic E-state index is -1.33. The Balaban J connectivity index is 1.73. The lowest BCUT2D eigenvalue weighted by molar-refractivity contribution is -0.130. The monoisotopic (exact) mass is 529 g/mol. The lowest BCUT2D eigenvalue weighted by atomic mass is 9.79. The van der Waals surface area contributed by atoms with Gasteiger partial charge in [0.1, 0.15) is 16.9 Å². The minimum absolute atomic E-state index is 0.00693. The van der Waals surface area contributed by atoms with Crippen molar-refractivity contribution >= 4 is 23.4 Å². The number of ketones is 1. The second-order valence-corrected chi connectivity index (χ2v) is 11.1. The zero-order valence-corrected chi connectivity index (χ0v) is 23.5. The molecule has 0 radical (unpaired) electrons. The van der Waals surface area contributed by atoms with E-state index < -0.39 is 23.3 Å². The molecule has 1 unspecified atom stereocenters. The number of anilines is 1. The first-order valence-electron chi connectivity index (χ1n) is 13.7. The highest BCUT2D eigenvalue weighted by atomic mass is 16.2. The van der Waals surface area contributed by atoms with Crippen molar-refractivity contribution in [1.82, 2.24) is 15.1 Å². The number of primary amides is 1. The summed E-state index contributed by atoms with van der Waals surface area (Å²) in [7, 11) is 0. The third kappa shape index (κ3) is 5.46. The minimum Gasteiger partial charge on any atom is -0.369 e. The highest BCUT2D eigenvalue weighted by Crippen LogP contribution is 2.40. The molecule has 2 aromatic carbocycles. The van der Waals surface area contributed by atoms with E-state index in [1.807, 2.05) is 54.1 Å². The van der Waals surface area contributed by atoms with Crippen LogP contribution in [-0.2, 0) is 27.1 Å². The molecule has 3 aromatic rings. The summed E-state index contributed by atoms with van der Waals surface area (Å²) in [5.41, 5.74) is 7.10. The van der Waals surface area contributed by atoms with Crippen molar-refractivity contribution in [2.75, 3.05) is 5.32 Å². The van der Waals surface area contributed by atoms with E-state index in [-0.39, 0.29) is 23.8 Å². The van der Waals surface area contributed by atoms with Crippen LogP contribution >= 0.6 is 0 Å². The fraction of sp³-hybridized carbons (Fsp3) is 0.419. The summed E-state index contributed by atoms with van der Waals surface area (Å²) in [5, 5.41) is 11.2. The number of Topliss-reactive ketones (excluding diaryl/α,β-unsaturated/α-hetero) is 1. The van der Waals surface area contributed by atoms with E-state index in [0.29, 0.717) is 23.4 Å². The highest BCUT2D eigenvalue weighted by molar-refractivity contribution is 6.03. The number of aryl methyl sites for hydroxylation is 1. The van der Waals surface area contributed by atoms with E-state index in [1.54, 1.807) is 13.1 Å². The predicted molar refractivity (Wildman–Crippen MR) is 152 cm³/mol. The topological polar surface area (TPSA) is 119 Å². The number of hydrogen-bond acceptors (Lipinski definition) is 5. The molecular weight excluding hydrogens is 490 g/mol. The van der Waals surface area contributed by atoms with Gasteiger partial charge in [-0.25, -0.2) is 4.68 Å². The molecule has 0 bridgehead atoms. The van der Waals surface area contributed by atoms with Gasteiger partial charge in [0.25, 0.3) is 5.91 Å². The molecule has 8 heteroatoms. The van der Waals surface area contributed by atoms with Crippen LogP contribution < -0.4 is 16.4 Å². The number of nitrogens with two attached hydrogens (primary N) is 1. The lowest BCUT2D eigenvalue weighted by Crippen LogP contribution is -2.52. The molecule has 1 aliphatic rings. The Labute approximate surface area is 230 Å². The number of nitrogens with one attached hydrogen (secondary N) is 2. The van der Waals surface area contributed by atoms with E-state index in [0.717, 1.165) is 24.0 Å². The Kier molecular flexibility index (Phi) is 7.95. The van der Waals surface area contributed by atoms with Gasteiger partial charge >= 0.3 is 0 Å². The smallest absolute Gasteiger partial charge is 0.257 e. The first-order valence-corrected chi connectivity index (χ1v) is 13.7. The molecule has 2 heterocycles. The molecule has 0 spiro atoms. The summed E-state index contributed by atoms with van der Waals surface area (Å²) in [6.45, 7) is 9.75. The Hall–Kier alpha value is -3.94. The Morgan fingerprint density at radius 1 is 1.13 bits per heavy atom. The number of carbonyl (C=O) groups excluding carboxylic acids is 3. The fourth-order valence-corrected chi connectivity index (χ4v) is 5.43. The number of carbonyl (C=O) groups is 3. The van der Waals surface area contributed by atoms with Gasteiger partial charge in [-0.1, -0.05) is 75.4 Å². The van der Waals surface area contributed by atoms with Gasteiger partial charge in [0.05, 0.1) is 17.8 Å². The van der Waals surface area contributed by atoms with Gasteiger partial charge in [-0.15, -0.1) is 0 Å². The molecular formula is C31H39N5O3. The molecule has 4 rings (SSSR count). The van der Waals surface area contributed by atoms with Crippen molar-refractivity contribution in [1.29, 1.82) is 0 Å². The van der Waals surface area contributed by atoms with Gasteiger partial charge < -0.3 is 16.4 Å². The quantitative estimate of drug-likeness (QED) is 0.347. The molecule has 206 valence electrons. The van der Waals surface area contributed by atoms with Crippen LogP contribution in [0.25, 0.3) is 0 Å². The van der Waals surface area contributed by atoms with E-state index in [2.05, 4.69) is 48.6 Å². The lowest BCUT2D eigenvalue weighted by Gasteiger charge is -2.38. The van der Waals surface area contributed by atoms with Crippen LogP contribution in [0.15, 0.2) is 60.8 Å². The van der Waals surface area contributed by atoms with Crippen LogP contribution in [0.2, 0.25) is 0 Å². The molecule has 3 atom stereocenters. The summed E-state index contributed by atoms with van der Waals surface area (Å²) in [6, 6.07) is 17.8. The summed E-state index contributed by atoms with van der Waals surface area (Å²) < 4.78 is 1.85. The summed E-state index contributed by atoms with van der Waals surface area (Å²) in [6.07, 6.45) is 3.43. The van der Waals surface area contributed by atoms with Crippen LogP contribution in [0.4, 0.5) is 5.82 Å². The zero-order valence-electron chi connectivity index (χ0n) is 23.5. The molecule has 1 aromatic heterocycles.